The van der Waals surface area contributed by atoms with Gasteiger partial charge in [-0.2, -0.15) is 0 Å². The molecule has 0 aromatic carbocycles. The van der Waals surface area contributed by atoms with Crippen LogP contribution in [0.25, 0.3) is 0 Å². The SMILES string of the molecule is CCCNC(C1COC(C)C1)C1CCCc2cccnc21. The van der Waals surface area contributed by atoms with Crippen LogP contribution in [0.1, 0.15) is 56.7 Å². The molecule has 1 N–H and O–H groups in total. The summed E-state index contributed by atoms with van der Waals surface area (Å²) in [5, 5.41) is 3.82. The summed E-state index contributed by atoms with van der Waals surface area (Å²) in [6, 6.07) is 4.86. The molecule has 4 unspecified atom stereocenters. The molecule has 2 aliphatic rings. The lowest BCUT2D eigenvalue weighted by molar-refractivity contribution is 0.115. The summed E-state index contributed by atoms with van der Waals surface area (Å²) in [6.45, 7) is 6.43. The average molecular weight is 288 g/mol. The third kappa shape index (κ3) is 3.29. The second kappa shape index (κ2) is 6.89. The van der Waals surface area contributed by atoms with Crippen molar-refractivity contribution in [2.45, 2.75) is 64.0 Å². The van der Waals surface area contributed by atoms with Crippen LogP contribution >= 0.6 is 0 Å². The van der Waals surface area contributed by atoms with Gasteiger partial charge in [-0.05, 0) is 57.2 Å². The van der Waals surface area contributed by atoms with Crippen LogP contribution in [0, 0.1) is 5.92 Å². The number of nitrogens with one attached hydrogen (secondary N) is 1. The molecule has 0 radical (unpaired) electrons. The quantitative estimate of drug-likeness (QED) is 0.902. The Bertz CT molecular complexity index is 462. The van der Waals surface area contributed by atoms with Crippen molar-refractivity contribution in [3.63, 3.8) is 0 Å². The van der Waals surface area contributed by atoms with Crippen molar-refractivity contribution in [2.24, 2.45) is 5.92 Å². The van der Waals surface area contributed by atoms with E-state index in [4.69, 9.17) is 9.72 Å². The zero-order valence-electron chi connectivity index (χ0n) is 13.3. The van der Waals surface area contributed by atoms with Gasteiger partial charge in [0.1, 0.15) is 0 Å². The number of aromatic nitrogens is 1. The second-order valence-electron chi connectivity index (χ2n) is 6.67. The van der Waals surface area contributed by atoms with Gasteiger partial charge in [0.2, 0.25) is 0 Å². The minimum atomic E-state index is 0.410. The smallest absolute Gasteiger partial charge is 0.0551 e. The normalized spacial score (nSPS) is 30.1. The van der Waals surface area contributed by atoms with E-state index in [1.807, 2.05) is 6.20 Å². The molecule has 0 spiro atoms. The molecule has 0 bridgehead atoms. The Balaban J connectivity index is 1.83. The van der Waals surface area contributed by atoms with Gasteiger partial charge in [0.15, 0.2) is 0 Å². The summed E-state index contributed by atoms with van der Waals surface area (Å²) in [7, 11) is 0. The van der Waals surface area contributed by atoms with Crippen LogP contribution < -0.4 is 5.32 Å². The Hall–Kier alpha value is -0.930. The largest absolute Gasteiger partial charge is 0.378 e. The minimum Gasteiger partial charge on any atom is -0.378 e. The van der Waals surface area contributed by atoms with Crippen LogP contribution in [0.15, 0.2) is 18.3 Å². The van der Waals surface area contributed by atoms with Crippen LogP contribution in [0.5, 0.6) is 0 Å². The van der Waals surface area contributed by atoms with Gasteiger partial charge in [0.05, 0.1) is 12.7 Å². The summed E-state index contributed by atoms with van der Waals surface area (Å²) in [5.74, 6) is 1.19. The molecule has 1 aromatic rings. The van der Waals surface area contributed by atoms with Crippen molar-refractivity contribution in [1.29, 1.82) is 0 Å². The molecular weight excluding hydrogens is 260 g/mol. The van der Waals surface area contributed by atoms with Gasteiger partial charge in [-0.25, -0.2) is 0 Å². The zero-order chi connectivity index (χ0) is 14.7. The molecule has 21 heavy (non-hydrogen) atoms. The maximum absolute atomic E-state index is 5.84. The molecule has 2 heterocycles. The number of rotatable bonds is 5. The molecule has 0 amide bonds. The maximum Gasteiger partial charge on any atom is 0.0551 e. The zero-order valence-corrected chi connectivity index (χ0v) is 13.3. The van der Waals surface area contributed by atoms with E-state index in [2.05, 4.69) is 31.3 Å². The highest BCUT2D eigenvalue weighted by Crippen LogP contribution is 2.37. The number of hydrogen-bond donors (Lipinski definition) is 1. The van der Waals surface area contributed by atoms with E-state index in [1.54, 1.807) is 0 Å². The van der Waals surface area contributed by atoms with E-state index in [0.717, 1.165) is 13.2 Å². The number of ether oxygens (including phenoxy) is 1. The molecular formula is C18H28N2O. The first-order chi connectivity index (χ1) is 10.3. The highest BCUT2D eigenvalue weighted by atomic mass is 16.5. The fourth-order valence-electron chi connectivity index (χ4n) is 4.04. The second-order valence-corrected chi connectivity index (χ2v) is 6.67. The van der Waals surface area contributed by atoms with Gasteiger partial charge in [-0.1, -0.05) is 13.0 Å². The lowest BCUT2D eigenvalue weighted by atomic mass is 9.76. The van der Waals surface area contributed by atoms with Crippen molar-refractivity contribution in [3.8, 4) is 0 Å². The van der Waals surface area contributed by atoms with E-state index in [9.17, 15) is 0 Å². The fraction of sp³-hybridized carbons (Fsp3) is 0.722. The minimum absolute atomic E-state index is 0.410. The molecule has 116 valence electrons. The predicted molar refractivity (Wildman–Crippen MR) is 85.5 cm³/mol. The first-order valence-electron chi connectivity index (χ1n) is 8.58. The van der Waals surface area contributed by atoms with Crippen molar-refractivity contribution >= 4 is 0 Å². The lowest BCUT2D eigenvalue weighted by Crippen LogP contribution is -2.43. The summed E-state index contributed by atoms with van der Waals surface area (Å²) in [5.41, 5.74) is 2.81. The van der Waals surface area contributed by atoms with Crippen molar-refractivity contribution in [3.05, 3.63) is 29.6 Å². The van der Waals surface area contributed by atoms with E-state index >= 15 is 0 Å². The monoisotopic (exact) mass is 288 g/mol. The molecule has 1 aliphatic carbocycles. The number of aryl methyl sites for hydroxylation is 1. The third-order valence-electron chi connectivity index (χ3n) is 5.04. The highest BCUT2D eigenvalue weighted by molar-refractivity contribution is 5.27. The standard InChI is InChI=1S/C18H28N2O/c1-3-9-19-18(15-11-13(2)21-12-15)16-8-4-6-14-7-5-10-20-17(14)16/h5,7,10,13,15-16,18-19H,3-4,6,8-9,11-12H2,1-2H3. The van der Waals surface area contributed by atoms with Crippen LogP contribution in [0.2, 0.25) is 0 Å². The first kappa shape index (κ1) is 15.0. The van der Waals surface area contributed by atoms with Crippen LogP contribution in [-0.4, -0.2) is 30.3 Å². The Morgan fingerprint density at radius 1 is 1.48 bits per heavy atom. The molecule has 1 fully saturated rings. The molecule has 3 rings (SSSR count). The molecule has 1 aromatic heterocycles. The molecule has 1 saturated heterocycles. The molecule has 1 aliphatic heterocycles. The predicted octanol–water partition coefficient (Wildman–Crippen LogP) is 3.29. The Kier molecular flexibility index (Phi) is 4.91. The Morgan fingerprint density at radius 3 is 3.14 bits per heavy atom. The lowest BCUT2D eigenvalue weighted by Gasteiger charge is -2.35. The van der Waals surface area contributed by atoms with E-state index < -0.39 is 0 Å². The van der Waals surface area contributed by atoms with Gasteiger partial charge >= 0.3 is 0 Å². The number of fused-ring (bicyclic) bond motifs is 1. The highest BCUT2D eigenvalue weighted by Gasteiger charge is 2.37. The van der Waals surface area contributed by atoms with Gasteiger partial charge in [0.25, 0.3) is 0 Å². The van der Waals surface area contributed by atoms with Crippen molar-refractivity contribution in [1.82, 2.24) is 10.3 Å². The fourth-order valence-corrected chi connectivity index (χ4v) is 4.04. The molecule has 0 saturated carbocycles. The maximum atomic E-state index is 5.84. The van der Waals surface area contributed by atoms with Gasteiger partial charge in [0, 0.05) is 29.8 Å². The number of nitrogens with zero attached hydrogens (tertiary/aromatic N) is 1. The number of hydrogen-bond acceptors (Lipinski definition) is 3. The summed E-state index contributed by atoms with van der Waals surface area (Å²) in [4.78, 5) is 4.74. The van der Waals surface area contributed by atoms with Gasteiger partial charge in [-0.3, -0.25) is 4.98 Å². The molecule has 3 heteroatoms. The first-order valence-corrected chi connectivity index (χ1v) is 8.58. The van der Waals surface area contributed by atoms with Crippen LogP contribution in [0.3, 0.4) is 0 Å². The van der Waals surface area contributed by atoms with Gasteiger partial charge in [-0.15, -0.1) is 0 Å². The molecule has 3 nitrogen and oxygen atoms in total. The topological polar surface area (TPSA) is 34.1 Å². The van der Waals surface area contributed by atoms with E-state index in [0.29, 0.717) is 24.0 Å². The third-order valence-corrected chi connectivity index (χ3v) is 5.04. The summed E-state index contributed by atoms with van der Waals surface area (Å²) in [6.07, 6.45) is 8.47. The summed E-state index contributed by atoms with van der Waals surface area (Å²) >= 11 is 0. The van der Waals surface area contributed by atoms with E-state index in [1.165, 1.54) is 43.4 Å². The van der Waals surface area contributed by atoms with Crippen molar-refractivity contribution < 1.29 is 4.74 Å². The Morgan fingerprint density at radius 2 is 2.38 bits per heavy atom. The Labute approximate surface area is 128 Å². The number of pyridine rings is 1. The van der Waals surface area contributed by atoms with Crippen molar-refractivity contribution in [2.75, 3.05) is 13.2 Å². The van der Waals surface area contributed by atoms with Crippen LogP contribution in [0.4, 0.5) is 0 Å². The van der Waals surface area contributed by atoms with Crippen LogP contribution in [-0.2, 0) is 11.2 Å². The molecule has 4 atom stereocenters. The van der Waals surface area contributed by atoms with E-state index in [-0.39, 0.29) is 0 Å². The average Bonchev–Trinajstić information content (AvgIpc) is 2.94. The summed E-state index contributed by atoms with van der Waals surface area (Å²) < 4.78 is 5.84. The van der Waals surface area contributed by atoms with Gasteiger partial charge < -0.3 is 10.1 Å².